The van der Waals surface area contributed by atoms with Crippen molar-refractivity contribution < 1.29 is 9.53 Å². The van der Waals surface area contributed by atoms with Crippen LogP contribution in [-0.2, 0) is 4.79 Å². The molecule has 0 aliphatic carbocycles. The minimum atomic E-state index is 0.123. The highest BCUT2D eigenvalue weighted by Crippen LogP contribution is 2.37. The Labute approximate surface area is 131 Å². The van der Waals surface area contributed by atoms with Gasteiger partial charge in [0.2, 0.25) is 0 Å². The highest BCUT2D eigenvalue weighted by atomic mass is 32.2. The highest BCUT2D eigenvalue weighted by molar-refractivity contribution is 8.00. The smallest absolute Gasteiger partial charge is 0.250 e. The number of ether oxygens (including phenoxy) is 1. The fourth-order valence-corrected chi connectivity index (χ4v) is 3.62. The van der Waals surface area contributed by atoms with E-state index in [0.717, 1.165) is 35.6 Å². The van der Waals surface area contributed by atoms with Gasteiger partial charge in [-0.05, 0) is 50.1 Å². The van der Waals surface area contributed by atoms with E-state index in [2.05, 4.69) is 13.8 Å². The number of thioether (sulfide) groups is 1. The lowest BCUT2D eigenvalue weighted by Gasteiger charge is -2.26. The quantitative estimate of drug-likeness (QED) is 0.792. The predicted molar refractivity (Wildman–Crippen MR) is 87.6 cm³/mol. The number of unbranched alkanes of at least 4 members (excludes halogenated alkanes) is 1. The van der Waals surface area contributed by atoms with Gasteiger partial charge < -0.3 is 9.64 Å². The van der Waals surface area contributed by atoms with Gasteiger partial charge in [0.25, 0.3) is 5.91 Å². The van der Waals surface area contributed by atoms with Crippen molar-refractivity contribution in [3.63, 3.8) is 0 Å². The molecule has 4 heteroatoms. The van der Waals surface area contributed by atoms with Crippen LogP contribution in [0.15, 0.2) is 40.3 Å². The van der Waals surface area contributed by atoms with Crippen molar-refractivity contribution in [2.75, 3.05) is 13.7 Å². The van der Waals surface area contributed by atoms with Gasteiger partial charge in [0.1, 0.15) is 11.1 Å². The first-order valence-corrected chi connectivity index (χ1v) is 8.25. The summed E-state index contributed by atoms with van der Waals surface area (Å²) in [6, 6.07) is 8.02. The Morgan fingerprint density at radius 3 is 2.48 bits per heavy atom. The van der Waals surface area contributed by atoms with Gasteiger partial charge in [-0.25, -0.2) is 0 Å². The van der Waals surface area contributed by atoms with Crippen LogP contribution in [0.2, 0.25) is 0 Å². The van der Waals surface area contributed by atoms with Gasteiger partial charge in [0.15, 0.2) is 0 Å². The molecule has 2 rings (SSSR count). The standard InChI is InChI=1S/C17H23NO2S/c1-5-6-11-18-16(19)12(2)13(3)17(18)21-15-9-7-14(20-4)8-10-15/h7-10,17H,5-6,11H2,1-4H3. The SMILES string of the molecule is CCCCN1C(=O)C(C)=C(C)C1Sc1ccc(OC)cc1. The number of carbonyl (C=O) groups is 1. The second-order valence-corrected chi connectivity index (χ2v) is 6.46. The lowest BCUT2D eigenvalue weighted by Crippen LogP contribution is -2.34. The lowest BCUT2D eigenvalue weighted by molar-refractivity contribution is -0.125. The number of benzene rings is 1. The van der Waals surface area contributed by atoms with Gasteiger partial charge in [-0.1, -0.05) is 25.1 Å². The van der Waals surface area contributed by atoms with Crippen LogP contribution < -0.4 is 4.74 Å². The largest absolute Gasteiger partial charge is 0.497 e. The Morgan fingerprint density at radius 2 is 1.90 bits per heavy atom. The minimum absolute atomic E-state index is 0.123. The molecule has 1 aliphatic rings. The maximum Gasteiger partial charge on any atom is 0.250 e. The fraction of sp³-hybridized carbons (Fsp3) is 0.471. The summed E-state index contributed by atoms with van der Waals surface area (Å²) in [6.07, 6.45) is 2.15. The molecule has 0 radical (unpaired) electrons. The van der Waals surface area contributed by atoms with E-state index in [1.165, 1.54) is 5.57 Å². The number of nitrogens with zero attached hydrogens (tertiary/aromatic N) is 1. The first-order valence-electron chi connectivity index (χ1n) is 7.37. The second-order valence-electron chi connectivity index (χ2n) is 5.31. The van der Waals surface area contributed by atoms with Gasteiger partial charge in [-0.2, -0.15) is 0 Å². The molecule has 0 fully saturated rings. The molecule has 1 aliphatic heterocycles. The number of carbonyl (C=O) groups excluding carboxylic acids is 1. The van der Waals surface area contributed by atoms with Gasteiger partial charge in [0.05, 0.1) is 7.11 Å². The van der Waals surface area contributed by atoms with Crippen molar-refractivity contribution >= 4 is 17.7 Å². The van der Waals surface area contributed by atoms with Crippen molar-refractivity contribution in [2.24, 2.45) is 0 Å². The van der Waals surface area contributed by atoms with E-state index < -0.39 is 0 Å². The Morgan fingerprint density at radius 1 is 1.24 bits per heavy atom. The van der Waals surface area contributed by atoms with Gasteiger partial charge in [0, 0.05) is 17.0 Å². The van der Waals surface area contributed by atoms with E-state index >= 15 is 0 Å². The molecule has 3 nitrogen and oxygen atoms in total. The lowest BCUT2D eigenvalue weighted by atomic mass is 10.2. The summed E-state index contributed by atoms with van der Waals surface area (Å²) < 4.78 is 5.19. The van der Waals surface area contributed by atoms with Gasteiger partial charge >= 0.3 is 0 Å². The number of hydrogen-bond donors (Lipinski definition) is 0. The molecule has 0 N–H and O–H groups in total. The molecule has 0 saturated heterocycles. The van der Waals surface area contributed by atoms with Crippen molar-refractivity contribution in [2.45, 2.75) is 43.9 Å². The molecule has 1 unspecified atom stereocenters. The Kier molecular flexibility index (Phi) is 5.34. The molecular weight excluding hydrogens is 282 g/mol. The molecule has 1 heterocycles. The number of methoxy groups -OCH3 is 1. The van der Waals surface area contributed by atoms with Crippen LogP contribution in [0, 0.1) is 0 Å². The van der Waals surface area contributed by atoms with Crippen LogP contribution in [0.25, 0.3) is 0 Å². The summed E-state index contributed by atoms with van der Waals surface area (Å²) >= 11 is 1.74. The Bertz CT molecular complexity index is 536. The van der Waals surface area contributed by atoms with Crippen molar-refractivity contribution in [1.29, 1.82) is 0 Å². The summed E-state index contributed by atoms with van der Waals surface area (Å²) in [5, 5.41) is 0.123. The highest BCUT2D eigenvalue weighted by Gasteiger charge is 2.34. The normalized spacial score (nSPS) is 18.6. The molecule has 0 bridgehead atoms. The zero-order valence-corrected chi connectivity index (χ0v) is 14.0. The van der Waals surface area contributed by atoms with Gasteiger partial charge in [-0.15, -0.1) is 0 Å². The van der Waals surface area contributed by atoms with Crippen LogP contribution in [0.5, 0.6) is 5.75 Å². The summed E-state index contributed by atoms with van der Waals surface area (Å²) in [5.74, 6) is 1.04. The molecule has 1 aromatic carbocycles. The van der Waals surface area contributed by atoms with E-state index in [4.69, 9.17) is 4.74 Å². The van der Waals surface area contributed by atoms with Crippen molar-refractivity contribution in [3.05, 3.63) is 35.4 Å². The molecule has 114 valence electrons. The molecular formula is C17H23NO2S. The molecule has 0 saturated carbocycles. The zero-order chi connectivity index (χ0) is 15.4. The maximum absolute atomic E-state index is 12.4. The van der Waals surface area contributed by atoms with E-state index in [0.29, 0.717) is 0 Å². The molecule has 1 amide bonds. The van der Waals surface area contributed by atoms with Crippen LogP contribution in [-0.4, -0.2) is 29.8 Å². The summed E-state index contributed by atoms with van der Waals surface area (Å²) in [6.45, 7) is 6.99. The molecule has 1 aromatic rings. The van der Waals surface area contributed by atoms with Crippen LogP contribution in [0.4, 0.5) is 0 Å². The van der Waals surface area contributed by atoms with Crippen molar-refractivity contribution in [1.82, 2.24) is 4.90 Å². The molecule has 21 heavy (non-hydrogen) atoms. The first-order chi connectivity index (χ1) is 10.1. The molecule has 0 spiro atoms. The summed E-state index contributed by atoms with van der Waals surface area (Å²) in [4.78, 5) is 15.5. The van der Waals surface area contributed by atoms with Crippen LogP contribution in [0.3, 0.4) is 0 Å². The Balaban J connectivity index is 2.15. The molecule has 0 aromatic heterocycles. The average molecular weight is 305 g/mol. The second kappa shape index (κ2) is 7.03. The average Bonchev–Trinajstić information content (AvgIpc) is 2.71. The molecule has 1 atom stereocenters. The van der Waals surface area contributed by atoms with E-state index in [1.54, 1.807) is 18.9 Å². The van der Waals surface area contributed by atoms with E-state index in [-0.39, 0.29) is 11.3 Å². The minimum Gasteiger partial charge on any atom is -0.497 e. The number of rotatable bonds is 6. The fourth-order valence-electron chi connectivity index (χ4n) is 2.39. The third-order valence-corrected chi connectivity index (χ3v) is 5.26. The van der Waals surface area contributed by atoms with E-state index in [9.17, 15) is 4.79 Å². The van der Waals surface area contributed by atoms with Crippen molar-refractivity contribution in [3.8, 4) is 5.75 Å². The third kappa shape index (κ3) is 3.43. The first kappa shape index (κ1) is 16.0. The third-order valence-electron chi connectivity index (χ3n) is 3.89. The van der Waals surface area contributed by atoms with Crippen LogP contribution in [0.1, 0.15) is 33.6 Å². The maximum atomic E-state index is 12.4. The Hall–Kier alpha value is -1.42. The van der Waals surface area contributed by atoms with Gasteiger partial charge in [-0.3, -0.25) is 4.79 Å². The van der Waals surface area contributed by atoms with Crippen LogP contribution >= 0.6 is 11.8 Å². The predicted octanol–water partition coefficient (Wildman–Crippen LogP) is 4.09. The van der Waals surface area contributed by atoms with E-state index in [1.807, 2.05) is 36.1 Å². The number of hydrogen-bond acceptors (Lipinski definition) is 3. The zero-order valence-electron chi connectivity index (χ0n) is 13.2. The monoisotopic (exact) mass is 305 g/mol. The summed E-state index contributed by atoms with van der Waals surface area (Å²) in [5.41, 5.74) is 2.08. The number of amides is 1. The topological polar surface area (TPSA) is 29.5 Å². The summed E-state index contributed by atoms with van der Waals surface area (Å²) in [7, 11) is 1.67.